The van der Waals surface area contributed by atoms with Gasteiger partial charge in [-0.3, -0.25) is 4.79 Å². The molecule has 4 heteroatoms. The third kappa shape index (κ3) is 2.38. The Labute approximate surface area is 111 Å². The zero-order chi connectivity index (χ0) is 14.0. The fraction of sp³-hybridized carbons (Fsp3) is 0.333. The average Bonchev–Trinajstić information content (AvgIpc) is 2.46. The Hall–Kier alpha value is -2.10. The molecule has 0 spiro atoms. The van der Waals surface area contributed by atoms with Gasteiger partial charge in [0.1, 0.15) is 6.04 Å². The van der Waals surface area contributed by atoms with E-state index >= 15 is 0 Å². The number of carbonyl (C=O) groups is 1. The molecule has 1 aromatic heterocycles. The van der Waals surface area contributed by atoms with Gasteiger partial charge in [0.15, 0.2) is 5.43 Å². The number of nitrogens with zero attached hydrogens (tertiary/aromatic N) is 1. The van der Waals surface area contributed by atoms with Crippen LogP contribution in [0.5, 0.6) is 0 Å². The average molecular weight is 259 g/mol. The fourth-order valence-corrected chi connectivity index (χ4v) is 2.17. The number of hydrogen-bond acceptors (Lipinski definition) is 3. The van der Waals surface area contributed by atoms with E-state index < -0.39 is 6.04 Å². The van der Waals surface area contributed by atoms with Crippen molar-refractivity contribution in [3.63, 3.8) is 0 Å². The Kier molecular flexibility index (Phi) is 3.69. The highest BCUT2D eigenvalue weighted by atomic mass is 16.5. The molecule has 4 nitrogen and oxygen atoms in total. The third-order valence-corrected chi connectivity index (χ3v) is 3.36. The highest BCUT2D eigenvalue weighted by Crippen LogP contribution is 2.18. The summed E-state index contributed by atoms with van der Waals surface area (Å²) in [7, 11) is 1.36. The van der Waals surface area contributed by atoms with E-state index in [1.165, 1.54) is 13.2 Å². The smallest absolute Gasteiger partial charge is 0.328 e. The standard InChI is InChI=1S/C15H17NO3/c1-4-11-5-6-13-12(9-11)14(17)7-8-16(13)10(2)15(18)19-3/h5-10H,4H2,1-3H3/t10-/m0/s1. The summed E-state index contributed by atoms with van der Waals surface area (Å²) in [5.74, 6) is -0.329. The Balaban J connectivity index is 2.67. The van der Waals surface area contributed by atoms with Gasteiger partial charge in [-0.25, -0.2) is 4.79 Å². The molecule has 0 bridgehead atoms. The monoisotopic (exact) mass is 259 g/mol. The second kappa shape index (κ2) is 5.26. The van der Waals surface area contributed by atoms with Crippen LogP contribution in [0.15, 0.2) is 35.3 Å². The first-order chi connectivity index (χ1) is 9.08. The molecular weight excluding hydrogens is 242 g/mol. The van der Waals surface area contributed by atoms with Crippen molar-refractivity contribution in [2.45, 2.75) is 26.3 Å². The maximum absolute atomic E-state index is 11.9. The predicted molar refractivity (Wildman–Crippen MR) is 74.3 cm³/mol. The summed E-state index contributed by atoms with van der Waals surface area (Å²) < 4.78 is 6.52. The summed E-state index contributed by atoms with van der Waals surface area (Å²) >= 11 is 0. The van der Waals surface area contributed by atoms with Crippen molar-refractivity contribution in [2.75, 3.05) is 7.11 Å². The van der Waals surface area contributed by atoms with Crippen LogP contribution in [0.3, 0.4) is 0 Å². The second-order valence-corrected chi connectivity index (χ2v) is 4.49. The van der Waals surface area contributed by atoms with E-state index in [1.54, 1.807) is 17.7 Å². The topological polar surface area (TPSA) is 48.3 Å². The molecule has 0 radical (unpaired) electrons. The Bertz CT molecular complexity index is 673. The van der Waals surface area contributed by atoms with Crippen molar-refractivity contribution in [1.82, 2.24) is 4.57 Å². The van der Waals surface area contributed by atoms with E-state index in [0.29, 0.717) is 5.39 Å². The van der Waals surface area contributed by atoms with Gasteiger partial charge in [0.05, 0.1) is 12.6 Å². The van der Waals surface area contributed by atoms with E-state index in [-0.39, 0.29) is 11.4 Å². The number of hydrogen-bond donors (Lipinski definition) is 0. The van der Waals surface area contributed by atoms with Crippen molar-refractivity contribution in [1.29, 1.82) is 0 Å². The van der Waals surface area contributed by atoms with Crippen molar-refractivity contribution in [3.8, 4) is 0 Å². The van der Waals surface area contributed by atoms with E-state index in [2.05, 4.69) is 0 Å². The zero-order valence-electron chi connectivity index (χ0n) is 11.3. The number of carbonyl (C=O) groups excluding carboxylic acids is 1. The Morgan fingerprint density at radius 3 is 2.74 bits per heavy atom. The maximum atomic E-state index is 11.9. The number of pyridine rings is 1. The Morgan fingerprint density at radius 2 is 2.11 bits per heavy atom. The number of aromatic nitrogens is 1. The summed E-state index contributed by atoms with van der Waals surface area (Å²) in [6.45, 7) is 3.79. The molecule has 0 unspecified atom stereocenters. The van der Waals surface area contributed by atoms with Crippen LogP contribution in [-0.4, -0.2) is 17.6 Å². The fourth-order valence-electron chi connectivity index (χ4n) is 2.17. The van der Waals surface area contributed by atoms with Crippen LogP contribution in [0.4, 0.5) is 0 Å². The summed E-state index contributed by atoms with van der Waals surface area (Å²) in [6, 6.07) is 6.77. The number of methoxy groups -OCH3 is 1. The van der Waals surface area contributed by atoms with Crippen LogP contribution >= 0.6 is 0 Å². The van der Waals surface area contributed by atoms with Gasteiger partial charge < -0.3 is 9.30 Å². The molecule has 1 atom stereocenters. The van der Waals surface area contributed by atoms with Crippen LogP contribution in [0, 0.1) is 0 Å². The zero-order valence-corrected chi connectivity index (χ0v) is 11.3. The van der Waals surface area contributed by atoms with E-state index in [4.69, 9.17) is 4.74 Å². The summed E-state index contributed by atoms with van der Waals surface area (Å²) in [5.41, 5.74) is 1.83. The highest BCUT2D eigenvalue weighted by molar-refractivity contribution is 5.82. The normalized spacial score (nSPS) is 12.4. The molecule has 1 heterocycles. The number of rotatable bonds is 3. The minimum atomic E-state index is -0.458. The first-order valence-corrected chi connectivity index (χ1v) is 6.30. The van der Waals surface area contributed by atoms with Crippen LogP contribution in [0.25, 0.3) is 10.9 Å². The largest absolute Gasteiger partial charge is 0.467 e. The van der Waals surface area contributed by atoms with E-state index in [1.807, 2.05) is 25.1 Å². The van der Waals surface area contributed by atoms with Crippen molar-refractivity contribution in [2.24, 2.45) is 0 Å². The van der Waals surface area contributed by atoms with Gasteiger partial charge in [-0.1, -0.05) is 13.0 Å². The minimum absolute atomic E-state index is 0.0291. The minimum Gasteiger partial charge on any atom is -0.467 e. The SMILES string of the molecule is CCc1ccc2c(c1)c(=O)ccn2[C@@H](C)C(=O)OC. The number of ether oxygens (including phenoxy) is 1. The van der Waals surface area contributed by atoms with Crippen molar-refractivity contribution < 1.29 is 9.53 Å². The summed E-state index contributed by atoms with van der Waals surface area (Å²) in [4.78, 5) is 23.6. The molecule has 0 fully saturated rings. The van der Waals surface area contributed by atoms with Gasteiger partial charge >= 0.3 is 5.97 Å². The number of benzene rings is 1. The molecule has 1 aromatic carbocycles. The maximum Gasteiger partial charge on any atom is 0.328 e. The number of fused-ring (bicyclic) bond motifs is 1. The lowest BCUT2D eigenvalue weighted by molar-refractivity contribution is -0.143. The molecular formula is C15H17NO3. The lowest BCUT2D eigenvalue weighted by atomic mass is 10.1. The van der Waals surface area contributed by atoms with E-state index in [0.717, 1.165) is 17.5 Å². The molecule has 0 aliphatic carbocycles. The van der Waals surface area contributed by atoms with Gasteiger partial charge in [0.2, 0.25) is 0 Å². The van der Waals surface area contributed by atoms with Crippen LogP contribution in [0.1, 0.15) is 25.5 Å². The molecule has 0 N–H and O–H groups in total. The van der Waals surface area contributed by atoms with Gasteiger partial charge in [0, 0.05) is 17.6 Å². The third-order valence-electron chi connectivity index (χ3n) is 3.36. The lowest BCUT2D eigenvalue weighted by Gasteiger charge is -2.16. The van der Waals surface area contributed by atoms with Gasteiger partial charge in [-0.15, -0.1) is 0 Å². The molecule has 2 aromatic rings. The quantitative estimate of drug-likeness (QED) is 0.795. The molecule has 100 valence electrons. The molecule has 0 aliphatic rings. The highest BCUT2D eigenvalue weighted by Gasteiger charge is 2.16. The molecule has 0 amide bonds. The molecule has 0 saturated carbocycles. The van der Waals surface area contributed by atoms with Gasteiger partial charge in [0.25, 0.3) is 0 Å². The summed E-state index contributed by atoms with van der Waals surface area (Å²) in [5, 5.41) is 0.637. The molecule has 19 heavy (non-hydrogen) atoms. The van der Waals surface area contributed by atoms with Crippen molar-refractivity contribution >= 4 is 16.9 Å². The van der Waals surface area contributed by atoms with Gasteiger partial charge in [-0.05, 0) is 31.0 Å². The number of aryl methyl sites for hydroxylation is 1. The lowest BCUT2D eigenvalue weighted by Crippen LogP contribution is -2.20. The second-order valence-electron chi connectivity index (χ2n) is 4.49. The Morgan fingerprint density at radius 1 is 1.37 bits per heavy atom. The molecule has 0 aliphatic heterocycles. The van der Waals surface area contributed by atoms with Crippen LogP contribution in [0.2, 0.25) is 0 Å². The molecule has 2 rings (SSSR count). The first kappa shape index (κ1) is 13.3. The van der Waals surface area contributed by atoms with Crippen molar-refractivity contribution in [3.05, 3.63) is 46.2 Å². The number of esters is 1. The van der Waals surface area contributed by atoms with Gasteiger partial charge in [-0.2, -0.15) is 0 Å². The van der Waals surface area contributed by atoms with Crippen LogP contribution in [-0.2, 0) is 16.0 Å². The first-order valence-electron chi connectivity index (χ1n) is 6.30. The van der Waals surface area contributed by atoms with Crippen LogP contribution < -0.4 is 5.43 Å². The summed E-state index contributed by atoms with van der Waals surface area (Å²) in [6.07, 6.45) is 2.51. The predicted octanol–water partition coefficient (Wildman–Crippen LogP) is 2.30. The van der Waals surface area contributed by atoms with E-state index in [9.17, 15) is 9.59 Å². The molecule has 0 saturated heterocycles.